The van der Waals surface area contributed by atoms with Crippen molar-refractivity contribution < 1.29 is 8.97 Å². The molecule has 0 saturated carbocycles. The van der Waals surface area contributed by atoms with Crippen molar-refractivity contribution >= 4 is 16.8 Å². The number of imidazole rings is 1. The molecular weight excluding hydrogens is 346 g/mol. The molecule has 11 heteroatoms. The molecule has 0 N–H and O–H groups in total. The zero-order chi connectivity index (χ0) is 17.4. The molecule has 0 amide bonds. The van der Waals surface area contributed by atoms with E-state index >= 15 is 0 Å². The summed E-state index contributed by atoms with van der Waals surface area (Å²) in [5, 5.41) is 15.7. The highest BCUT2D eigenvalue weighted by Gasteiger charge is 2.19. The quantitative estimate of drug-likeness (QED) is 0.478. The van der Waals surface area contributed by atoms with Gasteiger partial charge >= 0.3 is 5.69 Å². The highest BCUT2D eigenvalue weighted by Crippen LogP contribution is 2.24. The van der Waals surface area contributed by atoms with Gasteiger partial charge in [-0.2, -0.15) is 0 Å². The monoisotopic (exact) mass is 357 g/mol. The van der Waals surface area contributed by atoms with E-state index in [1.54, 1.807) is 0 Å². The van der Waals surface area contributed by atoms with Crippen LogP contribution in [0.5, 0.6) is 0 Å². The summed E-state index contributed by atoms with van der Waals surface area (Å²) in [6, 6.07) is 9.28. The SMILES string of the molecule is C[S+]([O-])Cn1nnc2c(-c3nnc(-c4ccccc4)o3)ncn2c1=O. The Kier molecular flexibility index (Phi) is 3.78. The summed E-state index contributed by atoms with van der Waals surface area (Å²) >= 11 is -1.23. The molecule has 3 aromatic heterocycles. The van der Waals surface area contributed by atoms with Gasteiger partial charge in [0.15, 0.2) is 11.3 Å². The maximum atomic E-state index is 12.3. The summed E-state index contributed by atoms with van der Waals surface area (Å²) in [4.78, 5) is 16.4. The third-order valence-corrected chi connectivity index (χ3v) is 3.98. The van der Waals surface area contributed by atoms with E-state index in [-0.39, 0.29) is 23.1 Å². The predicted molar refractivity (Wildman–Crippen MR) is 87.8 cm³/mol. The highest BCUT2D eigenvalue weighted by atomic mass is 32.2. The van der Waals surface area contributed by atoms with Gasteiger partial charge in [0, 0.05) is 5.56 Å². The minimum absolute atomic E-state index is 0.0476. The lowest BCUT2D eigenvalue weighted by Crippen LogP contribution is -2.32. The van der Waals surface area contributed by atoms with Crippen molar-refractivity contribution in [3.8, 4) is 23.0 Å². The summed E-state index contributed by atoms with van der Waals surface area (Å²) < 4.78 is 19.1. The molecule has 0 radical (unpaired) electrons. The van der Waals surface area contributed by atoms with E-state index in [1.807, 2.05) is 30.3 Å². The molecule has 1 aromatic carbocycles. The molecule has 0 bridgehead atoms. The van der Waals surface area contributed by atoms with Crippen molar-refractivity contribution in [2.24, 2.45) is 0 Å². The van der Waals surface area contributed by atoms with E-state index in [9.17, 15) is 9.35 Å². The van der Waals surface area contributed by atoms with Crippen molar-refractivity contribution in [3.63, 3.8) is 0 Å². The van der Waals surface area contributed by atoms with Gasteiger partial charge in [0.25, 0.3) is 5.89 Å². The van der Waals surface area contributed by atoms with Gasteiger partial charge in [0.05, 0.1) is 6.26 Å². The lowest BCUT2D eigenvalue weighted by molar-refractivity contribution is 0.546. The second-order valence-electron chi connectivity index (χ2n) is 5.14. The molecule has 4 aromatic rings. The molecule has 0 aliphatic carbocycles. The van der Waals surface area contributed by atoms with Crippen molar-refractivity contribution in [2.75, 3.05) is 6.26 Å². The average Bonchev–Trinajstić information content (AvgIpc) is 3.25. The molecule has 0 fully saturated rings. The van der Waals surface area contributed by atoms with Crippen LogP contribution in [-0.4, -0.2) is 45.4 Å². The van der Waals surface area contributed by atoms with Crippen LogP contribution in [0.4, 0.5) is 0 Å². The molecule has 10 nitrogen and oxygen atoms in total. The van der Waals surface area contributed by atoms with Crippen LogP contribution in [0.15, 0.2) is 45.9 Å². The fraction of sp³-hybridized carbons (Fsp3) is 0.143. The van der Waals surface area contributed by atoms with Crippen LogP contribution in [0.25, 0.3) is 28.7 Å². The van der Waals surface area contributed by atoms with Gasteiger partial charge in [-0.25, -0.2) is 14.2 Å². The van der Waals surface area contributed by atoms with E-state index in [0.717, 1.165) is 10.2 Å². The number of fused-ring (bicyclic) bond motifs is 1. The Morgan fingerprint density at radius 2 is 1.92 bits per heavy atom. The molecule has 25 heavy (non-hydrogen) atoms. The van der Waals surface area contributed by atoms with Gasteiger partial charge < -0.3 is 8.97 Å². The smallest absolute Gasteiger partial charge is 0.357 e. The van der Waals surface area contributed by atoms with Crippen molar-refractivity contribution in [1.82, 2.24) is 34.6 Å². The lowest BCUT2D eigenvalue weighted by atomic mass is 10.2. The number of benzene rings is 1. The number of nitrogens with zero attached hydrogens (tertiary/aromatic N) is 7. The summed E-state index contributed by atoms with van der Waals surface area (Å²) in [6.45, 7) is 0. The number of hydrogen-bond donors (Lipinski definition) is 0. The number of hydrogen-bond acceptors (Lipinski definition) is 8. The first-order valence-corrected chi connectivity index (χ1v) is 8.86. The van der Waals surface area contributed by atoms with Crippen LogP contribution < -0.4 is 5.69 Å². The lowest BCUT2D eigenvalue weighted by Gasteiger charge is -2.05. The van der Waals surface area contributed by atoms with E-state index in [2.05, 4.69) is 25.5 Å². The van der Waals surface area contributed by atoms with Gasteiger partial charge in [0.2, 0.25) is 11.8 Å². The van der Waals surface area contributed by atoms with Crippen molar-refractivity contribution in [2.45, 2.75) is 5.88 Å². The van der Waals surface area contributed by atoms with E-state index in [0.29, 0.717) is 5.89 Å². The molecule has 1 unspecified atom stereocenters. The summed E-state index contributed by atoms with van der Waals surface area (Å²) in [5.41, 5.74) is 0.709. The maximum absolute atomic E-state index is 12.3. The van der Waals surface area contributed by atoms with Crippen LogP contribution >= 0.6 is 0 Å². The molecule has 0 aliphatic heterocycles. The first-order chi connectivity index (χ1) is 12.1. The van der Waals surface area contributed by atoms with Gasteiger partial charge in [-0.05, 0) is 23.3 Å². The van der Waals surface area contributed by atoms with E-state index in [1.165, 1.54) is 17.0 Å². The Balaban J connectivity index is 1.77. The van der Waals surface area contributed by atoms with Gasteiger partial charge in [-0.15, -0.1) is 20.0 Å². The number of aromatic nitrogens is 7. The van der Waals surface area contributed by atoms with Gasteiger partial charge in [-0.1, -0.05) is 23.4 Å². The third kappa shape index (κ3) is 2.79. The van der Waals surface area contributed by atoms with Gasteiger partial charge in [-0.3, -0.25) is 0 Å². The summed E-state index contributed by atoms with van der Waals surface area (Å²) in [7, 11) is 0. The molecule has 0 aliphatic rings. The van der Waals surface area contributed by atoms with Crippen LogP contribution in [0.1, 0.15) is 0 Å². The molecule has 4 rings (SSSR count). The predicted octanol–water partition coefficient (Wildman–Crippen LogP) is 0.339. The fourth-order valence-electron chi connectivity index (χ4n) is 2.26. The average molecular weight is 357 g/mol. The molecule has 0 saturated heterocycles. The molecule has 1 atom stereocenters. The Hall–Kier alpha value is -3.05. The Morgan fingerprint density at radius 3 is 2.68 bits per heavy atom. The third-order valence-electron chi connectivity index (χ3n) is 3.37. The second-order valence-corrected chi connectivity index (χ2v) is 6.54. The summed E-state index contributed by atoms with van der Waals surface area (Å²) in [6.07, 6.45) is 2.77. The number of rotatable bonds is 4. The summed E-state index contributed by atoms with van der Waals surface area (Å²) in [5.74, 6) is 0.417. The first kappa shape index (κ1) is 15.5. The topological polar surface area (TPSA) is 127 Å². The minimum atomic E-state index is -1.23. The fourth-order valence-corrected chi connectivity index (χ4v) is 2.76. The Morgan fingerprint density at radius 1 is 1.16 bits per heavy atom. The van der Waals surface area contributed by atoms with E-state index < -0.39 is 16.9 Å². The zero-order valence-corrected chi connectivity index (χ0v) is 13.8. The first-order valence-electron chi connectivity index (χ1n) is 7.13. The van der Waals surface area contributed by atoms with Crippen LogP contribution in [-0.2, 0) is 17.1 Å². The van der Waals surface area contributed by atoms with E-state index in [4.69, 9.17) is 4.42 Å². The molecule has 3 heterocycles. The van der Waals surface area contributed by atoms with Crippen LogP contribution in [0.3, 0.4) is 0 Å². The second kappa shape index (κ2) is 6.11. The highest BCUT2D eigenvalue weighted by molar-refractivity contribution is 7.89. The molecule has 0 spiro atoms. The van der Waals surface area contributed by atoms with Crippen molar-refractivity contribution in [3.05, 3.63) is 47.1 Å². The normalized spacial score (nSPS) is 12.6. The molecule has 126 valence electrons. The zero-order valence-electron chi connectivity index (χ0n) is 12.9. The van der Waals surface area contributed by atoms with Crippen LogP contribution in [0.2, 0.25) is 0 Å². The Labute approximate surface area is 143 Å². The minimum Gasteiger partial charge on any atom is -0.615 e. The van der Waals surface area contributed by atoms with Crippen molar-refractivity contribution in [1.29, 1.82) is 0 Å². The Bertz CT molecular complexity index is 1090. The van der Waals surface area contributed by atoms with Crippen LogP contribution in [0, 0.1) is 0 Å². The maximum Gasteiger partial charge on any atom is 0.357 e. The standard InChI is InChI=1S/C14H11N7O3S/c1-25(23)8-21-14(22)20-7-15-10(11(20)16-19-21)13-18-17-12(24-13)9-5-3-2-4-6-9/h2-7H,8H2,1H3. The van der Waals surface area contributed by atoms with Gasteiger partial charge in [0.1, 0.15) is 6.33 Å². The molecular formula is C14H11N7O3S. The largest absolute Gasteiger partial charge is 0.615 e.